The first-order chi connectivity index (χ1) is 14.9. The van der Waals surface area contributed by atoms with E-state index in [2.05, 4.69) is 68.2 Å². The fourth-order valence-electron chi connectivity index (χ4n) is 2.84. The first kappa shape index (κ1) is 23.9. The standard InChI is InChI=1S/C22H22BrIN2O4S/c1-3-13-5-7-15(8-6-13)25-22-26-21(28)18(31-22)11-14-9-16(23)20(17(24)10-14)30-12-19(27)29-4-2/h5-11,22,25H,3-4,12H2,1-2H3,(H,26,28)/b18-11-/t22-/m1/s1. The van der Waals surface area contributed by atoms with E-state index in [1.54, 1.807) is 6.92 Å². The lowest BCUT2D eigenvalue weighted by Gasteiger charge is -2.13. The largest absolute Gasteiger partial charge is 0.480 e. The summed E-state index contributed by atoms with van der Waals surface area (Å²) in [6.07, 6.45) is 2.83. The Morgan fingerprint density at radius 2 is 2.03 bits per heavy atom. The van der Waals surface area contributed by atoms with Crippen LogP contribution in [0.5, 0.6) is 5.75 Å². The van der Waals surface area contributed by atoms with Crippen molar-refractivity contribution in [2.75, 3.05) is 18.5 Å². The second-order valence-corrected chi connectivity index (χ2v) is 9.75. The highest BCUT2D eigenvalue weighted by atomic mass is 127. The van der Waals surface area contributed by atoms with E-state index < -0.39 is 5.97 Å². The third kappa shape index (κ3) is 6.63. The molecule has 1 aliphatic heterocycles. The van der Waals surface area contributed by atoms with Gasteiger partial charge in [0.1, 0.15) is 5.75 Å². The SMILES string of the molecule is CCOC(=O)COc1c(Br)cc(/C=C2\S[C@H](Nc3ccc(CC)cc3)NC2=O)cc1I. The van der Waals surface area contributed by atoms with Crippen LogP contribution in [0.1, 0.15) is 25.0 Å². The van der Waals surface area contributed by atoms with Crippen LogP contribution in [0.3, 0.4) is 0 Å². The second-order valence-electron chi connectivity index (χ2n) is 6.58. The lowest BCUT2D eigenvalue weighted by molar-refractivity contribution is -0.145. The van der Waals surface area contributed by atoms with Crippen LogP contribution in [0, 0.1) is 3.57 Å². The first-order valence-corrected chi connectivity index (χ1v) is 12.5. The summed E-state index contributed by atoms with van der Waals surface area (Å²) < 4.78 is 12.0. The number of aryl methyl sites for hydroxylation is 1. The molecule has 0 saturated carbocycles. The van der Waals surface area contributed by atoms with Gasteiger partial charge in [0.2, 0.25) is 0 Å². The van der Waals surface area contributed by atoms with E-state index >= 15 is 0 Å². The van der Waals surface area contributed by atoms with Gasteiger partial charge in [-0.15, -0.1) is 0 Å². The lowest BCUT2D eigenvalue weighted by Crippen LogP contribution is -2.30. The molecule has 0 radical (unpaired) electrons. The van der Waals surface area contributed by atoms with Crippen LogP contribution in [-0.4, -0.2) is 30.6 Å². The summed E-state index contributed by atoms with van der Waals surface area (Å²) in [5.74, 6) is 0.0224. The molecular weight excluding hydrogens is 595 g/mol. The molecule has 2 aromatic rings. The van der Waals surface area contributed by atoms with Crippen LogP contribution in [0.2, 0.25) is 0 Å². The van der Waals surface area contributed by atoms with Gasteiger partial charge >= 0.3 is 5.97 Å². The molecule has 0 aliphatic carbocycles. The van der Waals surface area contributed by atoms with E-state index in [1.165, 1.54) is 17.3 Å². The van der Waals surface area contributed by atoms with Crippen molar-refractivity contribution in [3.05, 3.63) is 60.5 Å². The molecule has 0 spiro atoms. The number of nitrogens with one attached hydrogen (secondary N) is 2. The molecule has 3 rings (SSSR count). The van der Waals surface area contributed by atoms with E-state index in [9.17, 15) is 9.59 Å². The molecule has 1 saturated heterocycles. The minimum Gasteiger partial charge on any atom is -0.480 e. The van der Waals surface area contributed by atoms with E-state index in [1.807, 2.05) is 30.3 Å². The molecule has 1 atom stereocenters. The topological polar surface area (TPSA) is 76.7 Å². The Hall–Kier alpha value is -1.72. The molecule has 0 unspecified atom stereocenters. The Morgan fingerprint density at radius 3 is 2.68 bits per heavy atom. The summed E-state index contributed by atoms with van der Waals surface area (Å²) in [6.45, 7) is 4.02. The molecule has 31 heavy (non-hydrogen) atoms. The number of esters is 1. The fraction of sp³-hybridized carbons (Fsp3) is 0.273. The van der Waals surface area contributed by atoms with Crippen LogP contribution < -0.4 is 15.4 Å². The number of amides is 1. The highest BCUT2D eigenvalue weighted by Gasteiger charge is 2.27. The highest BCUT2D eigenvalue weighted by molar-refractivity contribution is 14.1. The Bertz CT molecular complexity index is 975. The number of carbonyl (C=O) groups is 2. The number of rotatable bonds is 8. The van der Waals surface area contributed by atoms with Crippen LogP contribution >= 0.6 is 50.3 Å². The number of ether oxygens (including phenoxy) is 2. The average Bonchev–Trinajstić information content (AvgIpc) is 3.06. The number of hydrogen-bond acceptors (Lipinski definition) is 6. The van der Waals surface area contributed by atoms with Gasteiger partial charge in [-0.2, -0.15) is 0 Å². The summed E-state index contributed by atoms with van der Waals surface area (Å²) in [5.41, 5.74) is 2.84. The minimum atomic E-state index is -0.418. The van der Waals surface area contributed by atoms with Gasteiger partial charge in [0.25, 0.3) is 5.91 Å². The van der Waals surface area contributed by atoms with E-state index in [0.717, 1.165) is 21.2 Å². The minimum absolute atomic E-state index is 0.124. The van der Waals surface area contributed by atoms with Crippen molar-refractivity contribution in [3.63, 3.8) is 0 Å². The van der Waals surface area contributed by atoms with Gasteiger partial charge in [0.05, 0.1) is 19.6 Å². The zero-order valence-corrected chi connectivity index (χ0v) is 21.6. The maximum absolute atomic E-state index is 12.4. The van der Waals surface area contributed by atoms with Gasteiger partial charge in [0, 0.05) is 5.69 Å². The zero-order valence-electron chi connectivity index (χ0n) is 17.0. The van der Waals surface area contributed by atoms with E-state index in [0.29, 0.717) is 21.7 Å². The molecule has 1 fully saturated rings. The van der Waals surface area contributed by atoms with Crippen LogP contribution in [0.15, 0.2) is 45.8 Å². The maximum atomic E-state index is 12.4. The highest BCUT2D eigenvalue weighted by Crippen LogP contribution is 2.35. The Morgan fingerprint density at radius 1 is 1.29 bits per heavy atom. The van der Waals surface area contributed by atoms with Gasteiger partial charge in [-0.1, -0.05) is 30.8 Å². The predicted octanol–water partition coefficient (Wildman–Crippen LogP) is 5.16. The lowest BCUT2D eigenvalue weighted by atomic mass is 10.1. The predicted molar refractivity (Wildman–Crippen MR) is 136 cm³/mol. The summed E-state index contributed by atoms with van der Waals surface area (Å²) >= 11 is 7.06. The van der Waals surface area contributed by atoms with E-state index in [4.69, 9.17) is 9.47 Å². The molecule has 1 aliphatic rings. The van der Waals surface area contributed by atoms with E-state index in [-0.39, 0.29) is 18.0 Å². The van der Waals surface area contributed by atoms with Crippen molar-refractivity contribution in [2.45, 2.75) is 25.8 Å². The molecule has 2 aromatic carbocycles. The summed E-state index contributed by atoms with van der Waals surface area (Å²) in [7, 11) is 0. The molecule has 1 heterocycles. The number of carbonyl (C=O) groups excluding carboxylic acids is 2. The molecule has 164 valence electrons. The number of anilines is 1. The van der Waals surface area contributed by atoms with Crippen molar-refractivity contribution < 1.29 is 19.1 Å². The molecule has 6 nitrogen and oxygen atoms in total. The third-order valence-electron chi connectivity index (χ3n) is 4.35. The molecular formula is C22H22BrIN2O4S. The first-order valence-electron chi connectivity index (χ1n) is 9.71. The van der Waals surface area contributed by atoms with Gasteiger partial charge in [-0.3, -0.25) is 4.79 Å². The summed E-state index contributed by atoms with van der Waals surface area (Å²) in [4.78, 5) is 24.6. The van der Waals surface area contributed by atoms with Crippen LogP contribution in [-0.2, 0) is 20.7 Å². The fourth-order valence-corrected chi connectivity index (χ4v) is 5.59. The zero-order chi connectivity index (χ0) is 22.4. The number of benzene rings is 2. The second kappa shape index (κ2) is 11.2. The molecule has 1 amide bonds. The number of thioether (sulfide) groups is 1. The molecule has 0 aromatic heterocycles. The Balaban J connectivity index is 1.67. The van der Waals surface area contributed by atoms with Gasteiger partial charge in [-0.25, -0.2) is 4.79 Å². The Kier molecular flexibility index (Phi) is 8.67. The third-order valence-corrected chi connectivity index (χ3v) is 6.77. The van der Waals surface area contributed by atoms with Gasteiger partial charge in [-0.05, 0) is 93.3 Å². The van der Waals surface area contributed by atoms with Crippen molar-refractivity contribution in [1.82, 2.24) is 5.32 Å². The number of hydrogen-bond donors (Lipinski definition) is 2. The van der Waals surface area contributed by atoms with Crippen LogP contribution in [0.25, 0.3) is 6.08 Å². The molecule has 0 bridgehead atoms. The normalized spacial score (nSPS) is 16.8. The van der Waals surface area contributed by atoms with Crippen molar-refractivity contribution in [1.29, 1.82) is 0 Å². The van der Waals surface area contributed by atoms with Gasteiger partial charge in [0.15, 0.2) is 12.1 Å². The van der Waals surface area contributed by atoms with Crippen LogP contribution in [0.4, 0.5) is 5.69 Å². The van der Waals surface area contributed by atoms with Crippen molar-refractivity contribution in [2.24, 2.45) is 0 Å². The maximum Gasteiger partial charge on any atom is 0.344 e. The van der Waals surface area contributed by atoms with Crippen molar-refractivity contribution in [3.8, 4) is 5.75 Å². The van der Waals surface area contributed by atoms with Gasteiger partial charge < -0.3 is 20.1 Å². The van der Waals surface area contributed by atoms with Crippen molar-refractivity contribution >= 4 is 73.9 Å². The smallest absolute Gasteiger partial charge is 0.344 e. The summed E-state index contributed by atoms with van der Waals surface area (Å²) in [5, 5.41) is 6.27. The number of halogens is 2. The molecule has 9 heteroatoms. The summed E-state index contributed by atoms with van der Waals surface area (Å²) in [6, 6.07) is 11.9. The average molecular weight is 617 g/mol. The quantitative estimate of drug-likeness (QED) is 0.243. The monoisotopic (exact) mass is 616 g/mol. The Labute approximate surface area is 207 Å². The molecule has 2 N–H and O–H groups in total.